The lowest BCUT2D eigenvalue weighted by atomic mass is 9.93. The number of ether oxygens (including phenoxy) is 1. The average molecular weight is 522 g/mol. The minimum absolute atomic E-state index is 0.113. The fourth-order valence-electron chi connectivity index (χ4n) is 3.97. The zero-order valence-electron chi connectivity index (χ0n) is 17.9. The van der Waals surface area contributed by atoms with Gasteiger partial charge in [0.05, 0.1) is 15.6 Å². The molecule has 2 N–H and O–H groups in total. The summed E-state index contributed by atoms with van der Waals surface area (Å²) in [4.78, 5) is 26.6. The lowest BCUT2D eigenvalue weighted by Gasteiger charge is -2.29. The topological polar surface area (TPSA) is 75.9 Å². The molecule has 1 heterocycles. The average Bonchev–Trinajstić information content (AvgIpc) is 3.19. The molecule has 2 aromatic rings. The number of amides is 2. The summed E-state index contributed by atoms with van der Waals surface area (Å²) in [6.45, 7) is -0.0616. The van der Waals surface area contributed by atoms with Gasteiger partial charge >= 0.3 is 12.3 Å². The Balaban J connectivity index is 1.84. The van der Waals surface area contributed by atoms with Gasteiger partial charge in [-0.2, -0.15) is 13.2 Å². The summed E-state index contributed by atoms with van der Waals surface area (Å²) < 4.78 is 57.6. The predicted molar refractivity (Wildman–Crippen MR) is 118 cm³/mol. The van der Waals surface area contributed by atoms with Crippen LogP contribution in [0.15, 0.2) is 36.4 Å². The van der Waals surface area contributed by atoms with Crippen molar-refractivity contribution >= 4 is 35.2 Å². The van der Waals surface area contributed by atoms with E-state index < -0.39 is 36.2 Å². The number of nitrogens with zero attached hydrogens (tertiary/aromatic N) is 2. The zero-order chi connectivity index (χ0) is 25.2. The van der Waals surface area contributed by atoms with E-state index >= 15 is 0 Å². The first-order valence-corrected chi connectivity index (χ1v) is 10.8. The Kier molecular flexibility index (Phi) is 7.95. The van der Waals surface area contributed by atoms with E-state index in [0.717, 1.165) is 11.6 Å². The highest BCUT2D eigenvalue weighted by Gasteiger charge is 2.40. The number of carbonyl (C=O) groups excluding carboxylic acids is 2. The molecule has 34 heavy (non-hydrogen) atoms. The standard InChI is InChI=1S/C22H21Cl2F4N3O3/c1-30(8-12-2-4-15(18(25)6-12)22(26,27)28)19-10-31(21(33)34-11-20(29)32)9-14(19)13-3-5-16(23)17(24)7-13/h2-7,14,19H,8-11H2,1H3,(H2,29,32)/t14-,19-/m1/s1. The number of carbonyl (C=O) groups is 2. The number of hydrogen-bond donors (Lipinski definition) is 1. The number of halogens is 6. The van der Waals surface area contributed by atoms with Crippen molar-refractivity contribution in [3.8, 4) is 0 Å². The van der Waals surface area contributed by atoms with Crippen LogP contribution in [0.5, 0.6) is 0 Å². The quantitative estimate of drug-likeness (QED) is 0.560. The molecule has 3 rings (SSSR count). The van der Waals surface area contributed by atoms with Gasteiger partial charge in [0, 0.05) is 31.6 Å². The molecular formula is C22H21Cl2F4N3O3. The number of benzene rings is 2. The van der Waals surface area contributed by atoms with E-state index in [2.05, 4.69) is 0 Å². The normalized spacial score (nSPS) is 18.4. The fourth-order valence-corrected chi connectivity index (χ4v) is 4.28. The van der Waals surface area contributed by atoms with Crippen LogP contribution < -0.4 is 5.73 Å². The second-order valence-electron chi connectivity index (χ2n) is 8.00. The molecule has 12 heteroatoms. The molecule has 0 spiro atoms. The zero-order valence-corrected chi connectivity index (χ0v) is 19.4. The maximum Gasteiger partial charge on any atom is 0.419 e. The second-order valence-corrected chi connectivity index (χ2v) is 8.81. The number of likely N-dealkylation sites (N-methyl/N-ethyl adjacent to an activating group) is 1. The summed E-state index contributed by atoms with van der Waals surface area (Å²) in [7, 11) is 1.71. The van der Waals surface area contributed by atoms with Crippen molar-refractivity contribution in [2.45, 2.75) is 24.7 Å². The molecule has 0 saturated carbocycles. The van der Waals surface area contributed by atoms with Crippen LogP contribution in [0.4, 0.5) is 22.4 Å². The summed E-state index contributed by atoms with van der Waals surface area (Å²) in [6, 6.07) is 7.49. The third kappa shape index (κ3) is 6.11. The number of hydrogen-bond acceptors (Lipinski definition) is 4. The van der Waals surface area contributed by atoms with Crippen LogP contribution in [-0.4, -0.2) is 54.6 Å². The van der Waals surface area contributed by atoms with Gasteiger partial charge in [-0.15, -0.1) is 0 Å². The Labute approximate surface area is 203 Å². The van der Waals surface area contributed by atoms with Crippen LogP contribution in [0.25, 0.3) is 0 Å². The molecule has 184 valence electrons. The van der Waals surface area contributed by atoms with Crippen molar-refractivity contribution in [3.63, 3.8) is 0 Å². The molecule has 2 aromatic carbocycles. The van der Waals surface area contributed by atoms with Gasteiger partial charge < -0.3 is 15.4 Å². The summed E-state index contributed by atoms with van der Waals surface area (Å²) >= 11 is 12.2. The minimum Gasteiger partial charge on any atom is -0.439 e. The molecular weight excluding hydrogens is 501 g/mol. The number of likely N-dealkylation sites (tertiary alicyclic amines) is 1. The highest BCUT2D eigenvalue weighted by Crippen LogP contribution is 2.36. The molecule has 2 atom stereocenters. The Morgan fingerprint density at radius 3 is 2.44 bits per heavy atom. The molecule has 0 aromatic heterocycles. The Bertz CT molecular complexity index is 1080. The third-order valence-corrected chi connectivity index (χ3v) is 6.33. The summed E-state index contributed by atoms with van der Waals surface area (Å²) in [5.41, 5.74) is 4.79. The van der Waals surface area contributed by atoms with Gasteiger partial charge in [-0.25, -0.2) is 9.18 Å². The van der Waals surface area contributed by atoms with Crippen LogP contribution in [0.2, 0.25) is 10.0 Å². The minimum atomic E-state index is -4.79. The fraction of sp³-hybridized carbons (Fsp3) is 0.364. The van der Waals surface area contributed by atoms with E-state index in [1.54, 1.807) is 30.1 Å². The maximum atomic E-state index is 14.0. The summed E-state index contributed by atoms with van der Waals surface area (Å²) in [5.74, 6) is -2.44. The Morgan fingerprint density at radius 2 is 1.85 bits per heavy atom. The lowest BCUT2D eigenvalue weighted by molar-refractivity contribution is -0.140. The number of primary amides is 1. The van der Waals surface area contributed by atoms with Crippen molar-refractivity contribution in [2.75, 3.05) is 26.7 Å². The van der Waals surface area contributed by atoms with Gasteiger partial charge in [0.1, 0.15) is 5.82 Å². The van der Waals surface area contributed by atoms with Crippen molar-refractivity contribution in [2.24, 2.45) is 5.73 Å². The largest absolute Gasteiger partial charge is 0.439 e. The molecule has 0 bridgehead atoms. The molecule has 0 unspecified atom stereocenters. The van der Waals surface area contributed by atoms with Gasteiger partial charge in [0.2, 0.25) is 0 Å². The highest BCUT2D eigenvalue weighted by atomic mass is 35.5. The molecule has 1 fully saturated rings. The molecule has 0 radical (unpaired) electrons. The number of rotatable bonds is 6. The molecule has 1 aliphatic heterocycles. The molecule has 2 amide bonds. The summed E-state index contributed by atoms with van der Waals surface area (Å²) in [6.07, 6.45) is -5.52. The lowest BCUT2D eigenvalue weighted by Crippen LogP contribution is -2.38. The molecule has 6 nitrogen and oxygen atoms in total. The van der Waals surface area contributed by atoms with Crippen LogP contribution in [0, 0.1) is 5.82 Å². The van der Waals surface area contributed by atoms with E-state index in [4.69, 9.17) is 33.7 Å². The summed E-state index contributed by atoms with van der Waals surface area (Å²) in [5, 5.41) is 0.673. The second kappa shape index (κ2) is 10.4. The number of alkyl halides is 3. The maximum absolute atomic E-state index is 14.0. The highest BCUT2D eigenvalue weighted by molar-refractivity contribution is 6.42. The van der Waals surface area contributed by atoms with Gasteiger partial charge in [-0.3, -0.25) is 9.69 Å². The molecule has 1 aliphatic rings. The predicted octanol–water partition coefficient (Wildman–Crippen LogP) is 4.67. The first-order valence-electron chi connectivity index (χ1n) is 10.1. The monoisotopic (exact) mass is 521 g/mol. The number of nitrogens with two attached hydrogens (primary N) is 1. The van der Waals surface area contributed by atoms with Gasteiger partial charge in [-0.1, -0.05) is 35.3 Å². The first-order chi connectivity index (χ1) is 15.9. The van der Waals surface area contributed by atoms with Crippen molar-refractivity contribution < 1.29 is 31.9 Å². The van der Waals surface area contributed by atoms with Crippen molar-refractivity contribution in [1.82, 2.24) is 9.80 Å². The van der Waals surface area contributed by atoms with Gasteiger partial charge in [-0.05, 0) is 42.4 Å². The van der Waals surface area contributed by atoms with Gasteiger partial charge in [0.25, 0.3) is 5.91 Å². The third-order valence-electron chi connectivity index (χ3n) is 5.59. The van der Waals surface area contributed by atoms with Gasteiger partial charge in [0.15, 0.2) is 6.61 Å². The van der Waals surface area contributed by atoms with Crippen LogP contribution in [0.3, 0.4) is 0 Å². The van der Waals surface area contributed by atoms with Crippen molar-refractivity contribution in [1.29, 1.82) is 0 Å². The Morgan fingerprint density at radius 1 is 1.15 bits per heavy atom. The van der Waals surface area contributed by atoms with E-state index in [9.17, 15) is 27.2 Å². The smallest absolute Gasteiger partial charge is 0.419 e. The van der Waals surface area contributed by atoms with Crippen LogP contribution in [-0.2, 0) is 22.3 Å². The van der Waals surface area contributed by atoms with Crippen molar-refractivity contribution in [3.05, 3.63) is 69.0 Å². The van der Waals surface area contributed by atoms with E-state index in [1.807, 2.05) is 0 Å². The van der Waals surface area contributed by atoms with Crippen LogP contribution in [0.1, 0.15) is 22.6 Å². The van der Waals surface area contributed by atoms with E-state index in [1.165, 1.54) is 11.0 Å². The van der Waals surface area contributed by atoms with E-state index in [0.29, 0.717) is 21.7 Å². The SMILES string of the molecule is CN(Cc1ccc(C(F)(F)F)c(F)c1)[C@@H]1CN(C(=O)OCC(N)=O)C[C@@H]1c1ccc(Cl)c(Cl)c1. The molecule has 0 aliphatic carbocycles. The van der Waals surface area contributed by atoms with Crippen LogP contribution >= 0.6 is 23.2 Å². The molecule has 1 saturated heterocycles. The Hall–Kier alpha value is -2.56. The first kappa shape index (κ1) is 26.1. The van der Waals surface area contributed by atoms with E-state index in [-0.39, 0.29) is 31.6 Å².